The van der Waals surface area contributed by atoms with Crippen molar-refractivity contribution in [1.29, 1.82) is 0 Å². The van der Waals surface area contributed by atoms with Gasteiger partial charge in [0.15, 0.2) is 5.71 Å². The number of fused-ring (bicyclic) bond motifs is 1. The molecule has 1 aromatic carbocycles. The molecular weight excluding hydrogens is 418 g/mol. The van der Waals surface area contributed by atoms with E-state index in [0.717, 1.165) is 0 Å². The summed E-state index contributed by atoms with van der Waals surface area (Å²) in [7, 11) is 0. The Balaban J connectivity index is 1.55. The third kappa shape index (κ3) is 7.53. The molecule has 0 unspecified atom stereocenters. The van der Waals surface area contributed by atoms with Gasteiger partial charge in [0, 0.05) is 29.4 Å². The Morgan fingerprint density at radius 1 is 0.759 bits per heavy atom. The SMILES string of the molecule is CCCCCCCCCCCCCCCC[N+]1=C(C)C(C)(C)c2cc(Br)ccc21. The topological polar surface area (TPSA) is 3.01 Å². The molecule has 0 saturated carbocycles. The largest absolute Gasteiger partial charge is 0.209 e. The second-order valence-corrected chi connectivity index (χ2v) is 10.5. The molecule has 0 N–H and O–H groups in total. The number of nitrogens with zero attached hydrogens (tertiary/aromatic N) is 1. The summed E-state index contributed by atoms with van der Waals surface area (Å²) in [6.45, 7) is 10.5. The molecule has 1 aliphatic rings. The zero-order valence-corrected chi connectivity index (χ0v) is 21.2. The zero-order chi connectivity index (χ0) is 21.1. The fourth-order valence-electron chi connectivity index (χ4n) is 4.71. The van der Waals surface area contributed by atoms with E-state index in [-0.39, 0.29) is 5.41 Å². The van der Waals surface area contributed by atoms with Gasteiger partial charge in [-0.05, 0) is 32.4 Å². The van der Waals surface area contributed by atoms with Crippen molar-refractivity contribution in [2.45, 2.75) is 123 Å². The van der Waals surface area contributed by atoms with Crippen LogP contribution in [0.5, 0.6) is 0 Å². The van der Waals surface area contributed by atoms with Crippen molar-refractivity contribution >= 4 is 27.3 Å². The first-order valence-corrected chi connectivity index (χ1v) is 13.2. The van der Waals surface area contributed by atoms with Crippen molar-refractivity contribution in [3.05, 3.63) is 28.2 Å². The first kappa shape index (κ1) is 24.6. The quantitative estimate of drug-likeness (QED) is 0.180. The zero-order valence-electron chi connectivity index (χ0n) is 19.7. The van der Waals surface area contributed by atoms with E-state index in [1.165, 1.54) is 118 Å². The lowest BCUT2D eigenvalue weighted by atomic mass is 9.82. The van der Waals surface area contributed by atoms with Gasteiger partial charge in [-0.2, -0.15) is 4.58 Å². The summed E-state index contributed by atoms with van der Waals surface area (Å²) in [5, 5.41) is 0. The minimum absolute atomic E-state index is 0.148. The smallest absolute Gasteiger partial charge is 0.199 e. The molecule has 0 bridgehead atoms. The summed E-state index contributed by atoms with van der Waals surface area (Å²) in [5.74, 6) is 0. The number of unbranched alkanes of at least 4 members (excludes halogenated alkanes) is 13. The van der Waals surface area contributed by atoms with Crippen LogP contribution in [-0.4, -0.2) is 16.8 Å². The minimum atomic E-state index is 0.148. The van der Waals surface area contributed by atoms with Crippen LogP contribution in [0.3, 0.4) is 0 Å². The summed E-state index contributed by atoms with van der Waals surface area (Å²) in [6.07, 6.45) is 19.9. The molecule has 0 radical (unpaired) electrons. The third-order valence-corrected chi connectivity index (χ3v) is 7.46. The van der Waals surface area contributed by atoms with E-state index in [0.29, 0.717) is 0 Å². The summed E-state index contributed by atoms with van der Waals surface area (Å²) < 4.78 is 3.76. The molecule has 0 atom stereocenters. The Morgan fingerprint density at radius 2 is 1.24 bits per heavy atom. The monoisotopic (exact) mass is 462 g/mol. The van der Waals surface area contributed by atoms with Crippen LogP contribution in [-0.2, 0) is 5.41 Å². The Hall–Kier alpha value is -0.630. The molecule has 29 heavy (non-hydrogen) atoms. The lowest BCUT2D eigenvalue weighted by Crippen LogP contribution is -2.26. The molecule has 1 aromatic rings. The number of benzene rings is 1. The third-order valence-electron chi connectivity index (χ3n) is 6.97. The van der Waals surface area contributed by atoms with Gasteiger partial charge in [0.05, 0.1) is 5.41 Å². The van der Waals surface area contributed by atoms with Crippen LogP contribution in [0, 0.1) is 0 Å². The van der Waals surface area contributed by atoms with Crippen LogP contribution in [0.4, 0.5) is 5.69 Å². The first-order chi connectivity index (χ1) is 14.0. The average molecular weight is 464 g/mol. The highest BCUT2D eigenvalue weighted by Crippen LogP contribution is 2.40. The van der Waals surface area contributed by atoms with E-state index in [1.54, 1.807) is 0 Å². The number of hydrogen-bond donors (Lipinski definition) is 0. The van der Waals surface area contributed by atoms with Crippen molar-refractivity contribution in [3.63, 3.8) is 0 Å². The van der Waals surface area contributed by atoms with Crippen molar-refractivity contribution in [2.24, 2.45) is 0 Å². The van der Waals surface area contributed by atoms with E-state index < -0.39 is 0 Å². The molecular formula is C27H45BrN+. The lowest BCUT2D eigenvalue weighted by molar-refractivity contribution is -0.439. The number of rotatable bonds is 15. The van der Waals surface area contributed by atoms with Gasteiger partial charge < -0.3 is 0 Å². The molecule has 0 amide bonds. The molecule has 1 nitrogen and oxygen atoms in total. The van der Waals surface area contributed by atoms with Gasteiger partial charge in [-0.3, -0.25) is 0 Å². The van der Waals surface area contributed by atoms with Crippen LogP contribution >= 0.6 is 15.9 Å². The van der Waals surface area contributed by atoms with Crippen molar-refractivity contribution < 1.29 is 4.58 Å². The maximum atomic E-state index is 3.65. The van der Waals surface area contributed by atoms with E-state index in [1.807, 2.05) is 0 Å². The van der Waals surface area contributed by atoms with E-state index in [4.69, 9.17) is 0 Å². The van der Waals surface area contributed by atoms with Crippen LogP contribution in [0.1, 0.15) is 123 Å². The summed E-state index contributed by atoms with van der Waals surface area (Å²) >= 11 is 3.65. The minimum Gasteiger partial charge on any atom is -0.199 e. The van der Waals surface area contributed by atoms with Gasteiger partial charge in [-0.1, -0.05) is 99.9 Å². The summed E-state index contributed by atoms with van der Waals surface area (Å²) in [5.41, 5.74) is 4.54. The summed E-state index contributed by atoms with van der Waals surface area (Å²) in [4.78, 5) is 0. The molecule has 0 aliphatic carbocycles. The molecule has 1 aliphatic heterocycles. The maximum Gasteiger partial charge on any atom is 0.209 e. The molecule has 0 saturated heterocycles. The molecule has 0 spiro atoms. The fraction of sp³-hybridized carbons (Fsp3) is 0.741. The van der Waals surface area contributed by atoms with Crippen molar-refractivity contribution in [2.75, 3.05) is 6.54 Å². The lowest BCUT2D eigenvalue weighted by Gasteiger charge is -2.14. The number of hydrogen-bond acceptors (Lipinski definition) is 0. The highest BCUT2D eigenvalue weighted by Gasteiger charge is 2.42. The predicted octanol–water partition coefficient (Wildman–Crippen LogP) is 9.33. The Bertz CT molecular complexity index is 644. The second kappa shape index (κ2) is 12.9. The number of halogens is 1. The fourth-order valence-corrected chi connectivity index (χ4v) is 5.07. The normalized spacial score (nSPS) is 15.2. The first-order valence-electron chi connectivity index (χ1n) is 12.4. The van der Waals surface area contributed by atoms with Gasteiger partial charge >= 0.3 is 0 Å². The van der Waals surface area contributed by atoms with Gasteiger partial charge in [-0.15, -0.1) is 0 Å². The standard InChI is InChI=1S/C27H45BrN/c1-5-6-7-8-9-10-11-12-13-14-15-16-17-18-21-29-23(2)27(3,4)25-22-24(28)19-20-26(25)29/h19-20,22H,5-18,21H2,1-4H3/q+1. The van der Waals surface area contributed by atoms with Crippen LogP contribution < -0.4 is 0 Å². The second-order valence-electron chi connectivity index (χ2n) is 9.62. The van der Waals surface area contributed by atoms with Crippen molar-refractivity contribution in [1.82, 2.24) is 0 Å². The van der Waals surface area contributed by atoms with Gasteiger partial charge in [0.25, 0.3) is 0 Å². The molecule has 2 rings (SSSR count). The average Bonchev–Trinajstić information content (AvgIpc) is 2.88. The molecule has 0 fully saturated rings. The van der Waals surface area contributed by atoms with E-state index in [2.05, 4.69) is 66.4 Å². The van der Waals surface area contributed by atoms with Crippen LogP contribution in [0.15, 0.2) is 22.7 Å². The molecule has 2 heteroatoms. The Labute approximate surface area is 189 Å². The van der Waals surface area contributed by atoms with E-state index >= 15 is 0 Å². The van der Waals surface area contributed by atoms with E-state index in [9.17, 15) is 0 Å². The Morgan fingerprint density at radius 3 is 1.76 bits per heavy atom. The van der Waals surface area contributed by atoms with Crippen LogP contribution in [0.2, 0.25) is 0 Å². The summed E-state index contributed by atoms with van der Waals surface area (Å²) in [6, 6.07) is 6.79. The maximum absolute atomic E-state index is 3.65. The highest BCUT2D eigenvalue weighted by atomic mass is 79.9. The van der Waals surface area contributed by atoms with Crippen molar-refractivity contribution in [3.8, 4) is 0 Å². The molecule has 1 heterocycles. The van der Waals surface area contributed by atoms with Gasteiger partial charge in [0.2, 0.25) is 5.69 Å². The predicted molar refractivity (Wildman–Crippen MR) is 133 cm³/mol. The highest BCUT2D eigenvalue weighted by molar-refractivity contribution is 9.10. The van der Waals surface area contributed by atoms with Crippen LogP contribution in [0.25, 0.3) is 0 Å². The van der Waals surface area contributed by atoms with Gasteiger partial charge in [-0.25, -0.2) is 0 Å². The Kier molecular flexibility index (Phi) is 11.0. The van der Waals surface area contributed by atoms with Gasteiger partial charge in [0.1, 0.15) is 6.54 Å². The molecule has 0 aromatic heterocycles. The molecule has 164 valence electrons.